The molecular weight excluding hydrogens is 364 g/mol. The Labute approximate surface area is 179 Å². The van der Waals surface area contributed by atoms with E-state index in [1.165, 1.54) is 70.6 Å². The molecule has 0 aromatic rings. The van der Waals surface area contributed by atoms with Crippen LogP contribution in [0.3, 0.4) is 0 Å². The Morgan fingerprint density at radius 3 is 1.79 bits per heavy atom. The largest absolute Gasteiger partial charge is 0.481 e. The molecule has 4 heteroatoms. The third-order valence-corrected chi connectivity index (χ3v) is 5.28. The van der Waals surface area contributed by atoms with E-state index in [-0.39, 0.29) is 12.4 Å². The van der Waals surface area contributed by atoms with Gasteiger partial charge in [0.15, 0.2) is 0 Å². The van der Waals surface area contributed by atoms with Gasteiger partial charge in [0.25, 0.3) is 0 Å². The Kier molecular flexibility index (Phi) is 20.4. The second-order valence-electron chi connectivity index (χ2n) is 8.16. The summed E-state index contributed by atoms with van der Waals surface area (Å²) in [6.07, 6.45) is 23.4. The number of aliphatic carboxylic acids is 1. The minimum Gasteiger partial charge on any atom is -0.481 e. The van der Waals surface area contributed by atoms with E-state index in [1.807, 2.05) is 6.92 Å². The standard InChI is InChI=1S/C25H46O4/c1-3-5-6-7-8-9-10-11-12-13-14-15-16-17-18-19-20-23(22-24(26)27)25(28)29-21-4-2/h5-6,23H,3-4,7-22H2,1-2H3,(H,26,27)/b6-5+. The number of allylic oxidation sites excluding steroid dienone is 2. The lowest BCUT2D eigenvalue weighted by Gasteiger charge is -2.13. The molecule has 0 amide bonds. The lowest BCUT2D eigenvalue weighted by molar-refractivity contribution is -0.153. The van der Waals surface area contributed by atoms with Crippen LogP contribution in [0.1, 0.15) is 123 Å². The molecule has 0 aromatic carbocycles. The zero-order valence-corrected chi connectivity index (χ0v) is 19.1. The summed E-state index contributed by atoms with van der Waals surface area (Å²) in [6, 6.07) is 0. The molecule has 29 heavy (non-hydrogen) atoms. The van der Waals surface area contributed by atoms with E-state index < -0.39 is 11.9 Å². The smallest absolute Gasteiger partial charge is 0.309 e. The van der Waals surface area contributed by atoms with Gasteiger partial charge in [0.2, 0.25) is 0 Å². The summed E-state index contributed by atoms with van der Waals surface area (Å²) in [5.74, 6) is -1.75. The Balaban J connectivity index is 3.50. The fourth-order valence-electron chi connectivity index (χ4n) is 3.54. The van der Waals surface area contributed by atoms with Crippen molar-refractivity contribution in [3.63, 3.8) is 0 Å². The molecule has 1 atom stereocenters. The summed E-state index contributed by atoms with van der Waals surface area (Å²) in [5, 5.41) is 8.98. The Hall–Kier alpha value is -1.32. The number of carboxylic acid groups (broad SMARTS) is 1. The van der Waals surface area contributed by atoms with Gasteiger partial charge in [0.05, 0.1) is 18.9 Å². The van der Waals surface area contributed by atoms with Crippen LogP contribution in [-0.4, -0.2) is 23.7 Å². The highest BCUT2D eigenvalue weighted by molar-refractivity contribution is 5.79. The van der Waals surface area contributed by atoms with E-state index in [4.69, 9.17) is 9.84 Å². The quantitative estimate of drug-likeness (QED) is 0.121. The van der Waals surface area contributed by atoms with E-state index in [0.717, 1.165) is 25.7 Å². The van der Waals surface area contributed by atoms with Gasteiger partial charge in [0.1, 0.15) is 0 Å². The molecule has 0 saturated carbocycles. The molecule has 170 valence electrons. The van der Waals surface area contributed by atoms with E-state index in [1.54, 1.807) is 0 Å². The first-order valence-electron chi connectivity index (χ1n) is 12.1. The van der Waals surface area contributed by atoms with Gasteiger partial charge in [-0.3, -0.25) is 9.59 Å². The van der Waals surface area contributed by atoms with Crippen LogP contribution in [0.4, 0.5) is 0 Å². The van der Waals surface area contributed by atoms with Crippen molar-refractivity contribution in [1.29, 1.82) is 0 Å². The molecule has 0 saturated heterocycles. The molecule has 0 radical (unpaired) electrons. The third kappa shape index (κ3) is 19.8. The molecule has 0 aliphatic rings. The first-order chi connectivity index (χ1) is 14.1. The van der Waals surface area contributed by atoms with Gasteiger partial charge in [-0.05, 0) is 32.1 Å². The maximum atomic E-state index is 11.9. The molecule has 0 bridgehead atoms. The molecule has 0 aliphatic heterocycles. The summed E-state index contributed by atoms with van der Waals surface area (Å²) in [7, 11) is 0. The van der Waals surface area contributed by atoms with Gasteiger partial charge in [-0.1, -0.05) is 96.6 Å². The number of carboxylic acids is 1. The summed E-state index contributed by atoms with van der Waals surface area (Å²) < 4.78 is 5.13. The van der Waals surface area contributed by atoms with E-state index in [2.05, 4.69) is 19.1 Å². The number of hydrogen-bond acceptors (Lipinski definition) is 3. The summed E-state index contributed by atoms with van der Waals surface area (Å²) in [5.41, 5.74) is 0. The summed E-state index contributed by atoms with van der Waals surface area (Å²) in [6.45, 7) is 4.50. The van der Waals surface area contributed by atoms with Crippen molar-refractivity contribution < 1.29 is 19.4 Å². The first kappa shape index (κ1) is 27.7. The van der Waals surface area contributed by atoms with Crippen LogP contribution >= 0.6 is 0 Å². The van der Waals surface area contributed by atoms with Crippen LogP contribution in [0.15, 0.2) is 12.2 Å². The minimum atomic E-state index is -0.920. The van der Waals surface area contributed by atoms with Gasteiger partial charge < -0.3 is 9.84 Å². The first-order valence-corrected chi connectivity index (χ1v) is 12.1. The van der Waals surface area contributed by atoms with Gasteiger partial charge >= 0.3 is 11.9 Å². The molecule has 1 unspecified atom stereocenters. The van der Waals surface area contributed by atoms with E-state index >= 15 is 0 Å². The molecular formula is C25H46O4. The fraction of sp³-hybridized carbons (Fsp3) is 0.840. The van der Waals surface area contributed by atoms with Gasteiger partial charge in [-0.2, -0.15) is 0 Å². The predicted octanol–water partition coefficient (Wildman–Crippen LogP) is 7.46. The van der Waals surface area contributed by atoms with Crippen molar-refractivity contribution in [3.8, 4) is 0 Å². The van der Waals surface area contributed by atoms with Crippen LogP contribution in [0.5, 0.6) is 0 Å². The SMILES string of the molecule is CC/C=C/CCCCCCCCCCCCCCC(CC(=O)O)C(=O)OCCC. The normalized spacial score (nSPS) is 12.3. The molecule has 1 N–H and O–H groups in total. The second-order valence-corrected chi connectivity index (χ2v) is 8.16. The van der Waals surface area contributed by atoms with Gasteiger partial charge in [-0.15, -0.1) is 0 Å². The number of esters is 1. The number of carbonyl (C=O) groups is 2. The van der Waals surface area contributed by atoms with Crippen molar-refractivity contribution in [1.82, 2.24) is 0 Å². The van der Waals surface area contributed by atoms with Crippen molar-refractivity contribution in [3.05, 3.63) is 12.2 Å². The van der Waals surface area contributed by atoms with Gasteiger partial charge in [0, 0.05) is 0 Å². The van der Waals surface area contributed by atoms with Crippen molar-refractivity contribution in [2.45, 2.75) is 123 Å². The average molecular weight is 411 g/mol. The lowest BCUT2D eigenvalue weighted by Crippen LogP contribution is -2.21. The number of hydrogen-bond donors (Lipinski definition) is 1. The van der Waals surface area contributed by atoms with Crippen LogP contribution in [0.2, 0.25) is 0 Å². The Morgan fingerprint density at radius 1 is 0.793 bits per heavy atom. The van der Waals surface area contributed by atoms with Crippen molar-refractivity contribution >= 4 is 11.9 Å². The number of ether oxygens (including phenoxy) is 1. The highest BCUT2D eigenvalue weighted by Crippen LogP contribution is 2.18. The highest BCUT2D eigenvalue weighted by Gasteiger charge is 2.22. The molecule has 0 spiro atoms. The van der Waals surface area contributed by atoms with Crippen LogP contribution in [0.25, 0.3) is 0 Å². The highest BCUT2D eigenvalue weighted by atomic mass is 16.5. The minimum absolute atomic E-state index is 0.113. The molecule has 0 aliphatic carbocycles. The maximum absolute atomic E-state index is 11.9. The summed E-state index contributed by atoms with van der Waals surface area (Å²) >= 11 is 0. The zero-order chi connectivity index (χ0) is 21.6. The number of unbranched alkanes of at least 4 members (excludes halogenated alkanes) is 12. The maximum Gasteiger partial charge on any atom is 0.309 e. The molecule has 0 heterocycles. The van der Waals surface area contributed by atoms with Gasteiger partial charge in [-0.25, -0.2) is 0 Å². The van der Waals surface area contributed by atoms with Crippen LogP contribution in [0, 0.1) is 5.92 Å². The third-order valence-electron chi connectivity index (χ3n) is 5.28. The average Bonchev–Trinajstić information content (AvgIpc) is 2.70. The summed E-state index contributed by atoms with van der Waals surface area (Å²) in [4.78, 5) is 22.9. The molecule has 0 fully saturated rings. The number of carbonyl (C=O) groups excluding carboxylic acids is 1. The number of rotatable bonds is 21. The predicted molar refractivity (Wildman–Crippen MR) is 121 cm³/mol. The fourth-order valence-corrected chi connectivity index (χ4v) is 3.54. The topological polar surface area (TPSA) is 63.6 Å². The van der Waals surface area contributed by atoms with Crippen molar-refractivity contribution in [2.75, 3.05) is 6.61 Å². The Bertz CT molecular complexity index is 417. The molecule has 0 aromatic heterocycles. The second kappa shape index (κ2) is 21.4. The van der Waals surface area contributed by atoms with Crippen LogP contribution in [-0.2, 0) is 14.3 Å². The van der Waals surface area contributed by atoms with Crippen molar-refractivity contribution in [2.24, 2.45) is 5.92 Å². The van der Waals surface area contributed by atoms with Crippen LogP contribution < -0.4 is 0 Å². The Morgan fingerprint density at radius 2 is 1.31 bits per heavy atom. The molecule has 0 rings (SSSR count). The monoisotopic (exact) mass is 410 g/mol. The van der Waals surface area contributed by atoms with E-state index in [0.29, 0.717) is 13.0 Å². The zero-order valence-electron chi connectivity index (χ0n) is 19.1. The lowest BCUT2D eigenvalue weighted by atomic mass is 9.97. The van der Waals surface area contributed by atoms with E-state index in [9.17, 15) is 9.59 Å². The molecule has 4 nitrogen and oxygen atoms in total.